The molecule has 0 aliphatic carbocycles. The predicted molar refractivity (Wildman–Crippen MR) is 69.8 cm³/mol. The smallest absolute Gasteiger partial charge is 0.328 e. The number of aliphatic carboxylic acids is 2. The number of hydrogen-bond donors (Lipinski definition) is 3. The molecule has 1 rings (SSSR count). The summed E-state index contributed by atoms with van der Waals surface area (Å²) in [6.45, 7) is 1.85. The molecule has 1 aromatic rings. The van der Waals surface area contributed by atoms with Crippen LogP contribution in [0.4, 0.5) is 0 Å². The Morgan fingerprint density at radius 2 is 1.75 bits per heavy atom. The Bertz CT molecular complexity index is 512. The summed E-state index contributed by atoms with van der Waals surface area (Å²) in [4.78, 5) is 33.6. The Morgan fingerprint density at radius 3 is 2.20 bits per heavy atom. The molecule has 0 saturated heterocycles. The Balaban J connectivity index is 2.85. The summed E-state index contributed by atoms with van der Waals surface area (Å²) in [5, 5.41) is 18.2. The number of hydrazine groups is 1. The molecule has 1 atom stereocenters. The van der Waals surface area contributed by atoms with Gasteiger partial charge in [0, 0.05) is 12.0 Å². The van der Waals surface area contributed by atoms with E-state index in [2.05, 4.69) is 0 Å². The zero-order valence-corrected chi connectivity index (χ0v) is 10.9. The van der Waals surface area contributed by atoms with E-state index in [1.54, 1.807) is 12.1 Å². The minimum Gasteiger partial charge on any atom is -0.481 e. The number of nitrogens with two attached hydrogens (primary N) is 1. The summed E-state index contributed by atoms with van der Waals surface area (Å²) in [5.41, 5.74) is 1.20. The van der Waals surface area contributed by atoms with Crippen LogP contribution < -0.4 is 5.84 Å². The summed E-state index contributed by atoms with van der Waals surface area (Å²) in [6, 6.07) is 5.10. The molecule has 4 N–H and O–H groups in total. The fourth-order valence-electron chi connectivity index (χ4n) is 1.63. The van der Waals surface area contributed by atoms with Crippen molar-refractivity contribution < 1.29 is 24.6 Å². The van der Waals surface area contributed by atoms with Crippen LogP contribution in [-0.4, -0.2) is 39.1 Å². The van der Waals surface area contributed by atoms with Crippen LogP contribution in [0.3, 0.4) is 0 Å². The second kappa shape index (κ2) is 6.67. The third kappa shape index (κ3) is 4.06. The molecule has 0 aliphatic heterocycles. The van der Waals surface area contributed by atoms with Gasteiger partial charge in [-0.15, -0.1) is 0 Å². The monoisotopic (exact) mass is 280 g/mol. The number of hydrogen-bond acceptors (Lipinski definition) is 4. The topological polar surface area (TPSA) is 121 Å². The van der Waals surface area contributed by atoms with Crippen molar-refractivity contribution in [2.24, 2.45) is 5.84 Å². The molecule has 1 aromatic carbocycles. The molecular formula is C13H16N2O5. The van der Waals surface area contributed by atoms with Crippen molar-refractivity contribution in [2.45, 2.75) is 25.8 Å². The zero-order valence-electron chi connectivity index (χ0n) is 10.9. The molecule has 0 radical (unpaired) electrons. The minimum atomic E-state index is -1.38. The predicted octanol–water partition coefficient (Wildman–Crippen LogP) is 0.629. The number of carbonyl (C=O) groups excluding carboxylic acids is 1. The first-order chi connectivity index (χ1) is 9.32. The van der Waals surface area contributed by atoms with Crippen LogP contribution in [0.1, 0.15) is 28.8 Å². The summed E-state index contributed by atoms with van der Waals surface area (Å²) in [7, 11) is 0. The lowest BCUT2D eigenvalue weighted by Crippen LogP contribution is -2.49. The maximum atomic E-state index is 12.0. The van der Waals surface area contributed by atoms with Crippen LogP contribution in [0, 0.1) is 6.92 Å². The normalized spacial score (nSPS) is 11.7. The van der Waals surface area contributed by atoms with Crippen molar-refractivity contribution >= 4 is 17.8 Å². The number of carboxylic acid groups (broad SMARTS) is 2. The van der Waals surface area contributed by atoms with E-state index in [0.717, 1.165) is 5.56 Å². The van der Waals surface area contributed by atoms with Crippen LogP contribution in [0.5, 0.6) is 0 Å². The van der Waals surface area contributed by atoms with E-state index in [-0.39, 0.29) is 18.4 Å². The van der Waals surface area contributed by atoms with Crippen molar-refractivity contribution in [1.82, 2.24) is 5.01 Å². The Hall–Kier alpha value is -2.41. The number of carbonyl (C=O) groups is 3. The van der Waals surface area contributed by atoms with Crippen LogP contribution in [0.2, 0.25) is 0 Å². The number of aryl methyl sites for hydroxylation is 1. The van der Waals surface area contributed by atoms with Gasteiger partial charge >= 0.3 is 11.9 Å². The highest BCUT2D eigenvalue weighted by Crippen LogP contribution is 2.10. The van der Waals surface area contributed by atoms with E-state index in [0.29, 0.717) is 5.01 Å². The van der Waals surface area contributed by atoms with E-state index < -0.39 is 23.9 Å². The van der Waals surface area contributed by atoms with Crippen molar-refractivity contribution in [3.63, 3.8) is 0 Å². The first-order valence-corrected chi connectivity index (χ1v) is 5.92. The molecule has 1 amide bonds. The van der Waals surface area contributed by atoms with E-state index >= 15 is 0 Å². The maximum absolute atomic E-state index is 12.0. The summed E-state index contributed by atoms with van der Waals surface area (Å²) < 4.78 is 0. The molecule has 0 aliphatic rings. The van der Waals surface area contributed by atoms with Crippen molar-refractivity contribution in [2.75, 3.05) is 0 Å². The van der Waals surface area contributed by atoms with E-state index in [4.69, 9.17) is 16.1 Å². The van der Waals surface area contributed by atoms with Gasteiger partial charge in [-0.1, -0.05) is 17.7 Å². The number of benzene rings is 1. The van der Waals surface area contributed by atoms with E-state index in [1.807, 2.05) is 6.92 Å². The molecule has 20 heavy (non-hydrogen) atoms. The summed E-state index contributed by atoms with van der Waals surface area (Å²) in [6.07, 6.45) is -0.634. The fourth-order valence-corrected chi connectivity index (χ4v) is 1.63. The van der Waals surface area contributed by atoms with Crippen LogP contribution in [-0.2, 0) is 9.59 Å². The SMILES string of the molecule is Cc1ccc(C(=O)N(N)[C@@H](CCC(=O)O)C(=O)O)cc1. The van der Waals surface area contributed by atoms with Gasteiger partial charge in [-0.25, -0.2) is 10.6 Å². The highest BCUT2D eigenvalue weighted by atomic mass is 16.4. The largest absolute Gasteiger partial charge is 0.481 e. The van der Waals surface area contributed by atoms with Gasteiger partial charge in [-0.3, -0.25) is 14.6 Å². The Kier molecular flexibility index (Phi) is 5.22. The van der Waals surface area contributed by atoms with Gasteiger partial charge < -0.3 is 10.2 Å². The van der Waals surface area contributed by atoms with Gasteiger partial charge in [0.2, 0.25) is 0 Å². The lowest BCUT2D eigenvalue weighted by Gasteiger charge is -2.23. The quantitative estimate of drug-likeness (QED) is 0.399. The van der Waals surface area contributed by atoms with Gasteiger partial charge in [0.05, 0.1) is 0 Å². The number of rotatable bonds is 6. The highest BCUT2D eigenvalue weighted by Gasteiger charge is 2.28. The molecule has 108 valence electrons. The Morgan fingerprint density at radius 1 is 1.20 bits per heavy atom. The zero-order chi connectivity index (χ0) is 15.3. The van der Waals surface area contributed by atoms with Gasteiger partial charge in [-0.05, 0) is 25.5 Å². The molecule has 7 nitrogen and oxygen atoms in total. The van der Waals surface area contributed by atoms with Crippen molar-refractivity contribution in [3.8, 4) is 0 Å². The Labute approximate surface area is 115 Å². The number of carboxylic acids is 2. The summed E-state index contributed by atoms with van der Waals surface area (Å²) in [5.74, 6) is 2.38. The third-order valence-electron chi connectivity index (χ3n) is 2.79. The fraction of sp³-hybridized carbons (Fsp3) is 0.308. The average Bonchev–Trinajstić information content (AvgIpc) is 2.38. The van der Waals surface area contributed by atoms with Crippen LogP contribution in [0.25, 0.3) is 0 Å². The molecule has 0 fully saturated rings. The molecule has 7 heteroatoms. The third-order valence-corrected chi connectivity index (χ3v) is 2.79. The lowest BCUT2D eigenvalue weighted by atomic mass is 10.1. The van der Waals surface area contributed by atoms with Crippen LogP contribution >= 0.6 is 0 Å². The molecule has 0 unspecified atom stereocenters. The summed E-state index contributed by atoms with van der Waals surface area (Å²) >= 11 is 0. The second-order valence-electron chi connectivity index (χ2n) is 4.36. The first-order valence-electron chi connectivity index (χ1n) is 5.92. The first kappa shape index (κ1) is 15.6. The van der Waals surface area contributed by atoms with Crippen molar-refractivity contribution in [3.05, 3.63) is 35.4 Å². The van der Waals surface area contributed by atoms with E-state index in [9.17, 15) is 14.4 Å². The number of nitrogens with zero attached hydrogens (tertiary/aromatic N) is 1. The van der Waals surface area contributed by atoms with Gasteiger partial charge in [0.1, 0.15) is 6.04 Å². The molecule has 0 heterocycles. The van der Waals surface area contributed by atoms with Gasteiger partial charge in [0.15, 0.2) is 0 Å². The van der Waals surface area contributed by atoms with Gasteiger partial charge in [-0.2, -0.15) is 0 Å². The number of amides is 1. The second-order valence-corrected chi connectivity index (χ2v) is 4.36. The molecular weight excluding hydrogens is 264 g/mol. The van der Waals surface area contributed by atoms with Gasteiger partial charge in [0.25, 0.3) is 5.91 Å². The van der Waals surface area contributed by atoms with Crippen molar-refractivity contribution in [1.29, 1.82) is 0 Å². The molecule has 0 aromatic heterocycles. The average molecular weight is 280 g/mol. The molecule has 0 spiro atoms. The van der Waals surface area contributed by atoms with Crippen LogP contribution in [0.15, 0.2) is 24.3 Å². The minimum absolute atomic E-state index is 0.250. The highest BCUT2D eigenvalue weighted by molar-refractivity contribution is 5.96. The molecule has 0 bridgehead atoms. The molecule has 0 saturated carbocycles. The van der Waals surface area contributed by atoms with E-state index in [1.165, 1.54) is 12.1 Å². The maximum Gasteiger partial charge on any atom is 0.328 e. The lowest BCUT2D eigenvalue weighted by molar-refractivity contribution is -0.143. The standard InChI is InChI=1S/C13H16N2O5/c1-8-2-4-9(5-3-8)12(18)15(14)10(13(19)20)6-7-11(16)17/h2-5,10H,6-7,14H2,1H3,(H,16,17)(H,19,20)/t10-/m0/s1.